The van der Waals surface area contributed by atoms with Crippen LogP contribution in [-0.2, 0) is 19.1 Å². The molecule has 128 valence electrons. The Kier molecular flexibility index (Phi) is 4.83. The molecule has 24 heavy (non-hydrogen) atoms. The highest BCUT2D eigenvalue weighted by atomic mass is 16.6. The Hall–Kier alpha value is -2.37. The molecule has 1 aromatic carbocycles. The van der Waals surface area contributed by atoms with Crippen LogP contribution in [-0.4, -0.2) is 31.0 Å². The number of nitrogens with one attached hydrogen (secondary N) is 1. The van der Waals surface area contributed by atoms with E-state index in [9.17, 15) is 14.4 Å². The summed E-state index contributed by atoms with van der Waals surface area (Å²) in [6, 6.07) is 6.91. The molecule has 0 spiro atoms. The monoisotopic (exact) mass is 331 g/mol. The molecular formula is C18H21NO5. The normalized spacial score (nSPS) is 23.8. The number of methoxy groups -OCH3 is 1. The maximum atomic E-state index is 12.9. The first-order valence-corrected chi connectivity index (χ1v) is 8.30. The van der Waals surface area contributed by atoms with Crippen LogP contribution in [0, 0.1) is 5.92 Å². The molecule has 1 fully saturated rings. The van der Waals surface area contributed by atoms with Crippen LogP contribution in [0.3, 0.4) is 0 Å². The van der Waals surface area contributed by atoms with E-state index in [1.165, 1.54) is 13.5 Å². The van der Waals surface area contributed by atoms with Crippen LogP contribution in [0.15, 0.2) is 24.3 Å². The molecule has 1 aliphatic carbocycles. The number of esters is 2. The lowest BCUT2D eigenvalue weighted by Gasteiger charge is -2.31. The molecule has 0 bridgehead atoms. The molecular weight excluding hydrogens is 310 g/mol. The summed E-state index contributed by atoms with van der Waals surface area (Å²) >= 11 is 0. The molecule has 1 saturated carbocycles. The smallest absolute Gasteiger partial charge is 0.326 e. The average Bonchev–Trinajstić information content (AvgIpc) is 2.60. The molecule has 2 unspecified atom stereocenters. The van der Waals surface area contributed by atoms with E-state index in [-0.39, 0.29) is 11.9 Å². The van der Waals surface area contributed by atoms with Crippen LogP contribution >= 0.6 is 0 Å². The fraction of sp³-hybridized carbons (Fsp3) is 0.500. The van der Waals surface area contributed by atoms with Gasteiger partial charge in [0, 0.05) is 11.6 Å². The zero-order valence-corrected chi connectivity index (χ0v) is 13.6. The van der Waals surface area contributed by atoms with Gasteiger partial charge in [0.25, 0.3) is 0 Å². The van der Waals surface area contributed by atoms with Crippen LogP contribution in [0.25, 0.3) is 0 Å². The molecule has 0 radical (unpaired) electrons. The molecule has 1 heterocycles. The van der Waals surface area contributed by atoms with Crippen molar-refractivity contribution in [2.45, 2.75) is 44.1 Å². The van der Waals surface area contributed by atoms with Gasteiger partial charge in [-0.2, -0.15) is 0 Å². The van der Waals surface area contributed by atoms with Crippen LogP contribution in [0.2, 0.25) is 0 Å². The Balaban J connectivity index is 1.91. The van der Waals surface area contributed by atoms with E-state index in [1.54, 1.807) is 24.3 Å². The summed E-state index contributed by atoms with van der Waals surface area (Å²) < 4.78 is 9.94. The standard InChI is InChI=1S/C18H21NO5/c1-23-17(21)15-14(16(20)19-11-7-3-2-4-8-11)12-9-5-6-10-13(12)24-18(15)22/h5-6,9-11,14-15H,2-4,7-8H2,1H3,(H,19,20). The summed E-state index contributed by atoms with van der Waals surface area (Å²) in [6.07, 6.45) is 5.18. The van der Waals surface area contributed by atoms with Gasteiger partial charge >= 0.3 is 11.9 Å². The second kappa shape index (κ2) is 7.03. The van der Waals surface area contributed by atoms with E-state index in [0.29, 0.717) is 11.3 Å². The number of benzene rings is 1. The van der Waals surface area contributed by atoms with Crippen LogP contribution in [0.1, 0.15) is 43.6 Å². The fourth-order valence-corrected chi connectivity index (χ4v) is 3.51. The maximum Gasteiger partial charge on any atom is 0.326 e. The first-order valence-electron chi connectivity index (χ1n) is 8.30. The number of para-hydroxylation sites is 1. The molecule has 2 atom stereocenters. The number of hydrogen-bond acceptors (Lipinski definition) is 5. The Bertz CT molecular complexity index is 651. The Morgan fingerprint density at radius 3 is 2.54 bits per heavy atom. The third kappa shape index (κ3) is 3.13. The predicted molar refractivity (Wildman–Crippen MR) is 85.3 cm³/mol. The average molecular weight is 331 g/mol. The van der Waals surface area contributed by atoms with Gasteiger partial charge < -0.3 is 14.8 Å². The van der Waals surface area contributed by atoms with Crippen molar-refractivity contribution < 1.29 is 23.9 Å². The van der Waals surface area contributed by atoms with E-state index in [4.69, 9.17) is 9.47 Å². The second-order valence-corrected chi connectivity index (χ2v) is 6.28. The van der Waals surface area contributed by atoms with E-state index in [1.807, 2.05) is 0 Å². The summed E-state index contributed by atoms with van der Waals surface area (Å²) in [4.78, 5) is 37.2. The number of carbonyl (C=O) groups excluding carboxylic acids is 3. The van der Waals surface area contributed by atoms with Crippen molar-refractivity contribution in [3.8, 4) is 5.75 Å². The lowest BCUT2D eigenvalue weighted by atomic mass is 9.82. The van der Waals surface area contributed by atoms with E-state index < -0.39 is 23.8 Å². The lowest BCUT2D eigenvalue weighted by Crippen LogP contribution is -2.47. The molecule has 0 saturated heterocycles. The third-order valence-corrected chi connectivity index (χ3v) is 4.74. The highest BCUT2D eigenvalue weighted by molar-refractivity contribution is 6.04. The number of fused-ring (bicyclic) bond motifs is 1. The van der Waals surface area contributed by atoms with E-state index >= 15 is 0 Å². The zero-order chi connectivity index (χ0) is 17.1. The van der Waals surface area contributed by atoms with Gasteiger partial charge in [-0.05, 0) is 18.9 Å². The minimum Gasteiger partial charge on any atom is -0.468 e. The van der Waals surface area contributed by atoms with Crippen molar-refractivity contribution in [3.63, 3.8) is 0 Å². The van der Waals surface area contributed by atoms with Gasteiger partial charge in [0.05, 0.1) is 13.0 Å². The Morgan fingerprint density at radius 1 is 1.12 bits per heavy atom. The molecule has 2 aliphatic rings. The predicted octanol–water partition coefficient (Wildman–Crippen LogP) is 1.93. The quantitative estimate of drug-likeness (QED) is 0.520. The number of amides is 1. The summed E-state index contributed by atoms with van der Waals surface area (Å²) in [5.74, 6) is -3.68. The van der Waals surface area contributed by atoms with Gasteiger partial charge in [0.1, 0.15) is 5.75 Å². The van der Waals surface area contributed by atoms with Gasteiger partial charge in [-0.1, -0.05) is 37.5 Å². The van der Waals surface area contributed by atoms with Crippen molar-refractivity contribution >= 4 is 17.8 Å². The molecule has 6 nitrogen and oxygen atoms in total. The van der Waals surface area contributed by atoms with Crippen LogP contribution in [0.5, 0.6) is 5.75 Å². The van der Waals surface area contributed by atoms with Crippen molar-refractivity contribution in [1.29, 1.82) is 0 Å². The second-order valence-electron chi connectivity index (χ2n) is 6.28. The lowest BCUT2D eigenvalue weighted by molar-refractivity contribution is -0.160. The molecule has 1 aliphatic heterocycles. The molecule has 3 rings (SSSR count). The van der Waals surface area contributed by atoms with Gasteiger partial charge in [0.2, 0.25) is 5.91 Å². The fourth-order valence-electron chi connectivity index (χ4n) is 3.51. The minimum absolute atomic E-state index is 0.0923. The highest BCUT2D eigenvalue weighted by Crippen LogP contribution is 2.38. The van der Waals surface area contributed by atoms with Gasteiger partial charge in [-0.3, -0.25) is 14.4 Å². The molecule has 1 N–H and O–H groups in total. The topological polar surface area (TPSA) is 81.7 Å². The van der Waals surface area contributed by atoms with Crippen LogP contribution < -0.4 is 10.1 Å². The van der Waals surface area contributed by atoms with Gasteiger partial charge in [-0.25, -0.2) is 0 Å². The van der Waals surface area contributed by atoms with Gasteiger partial charge in [0.15, 0.2) is 5.92 Å². The van der Waals surface area contributed by atoms with Crippen LogP contribution in [0.4, 0.5) is 0 Å². The number of ether oxygens (including phenoxy) is 2. The minimum atomic E-state index is -1.27. The molecule has 1 amide bonds. The number of hydrogen-bond donors (Lipinski definition) is 1. The van der Waals surface area contributed by atoms with Crippen molar-refractivity contribution in [3.05, 3.63) is 29.8 Å². The first kappa shape index (κ1) is 16.5. The summed E-state index contributed by atoms with van der Waals surface area (Å²) in [7, 11) is 1.20. The molecule has 6 heteroatoms. The van der Waals surface area contributed by atoms with Gasteiger partial charge in [-0.15, -0.1) is 0 Å². The summed E-state index contributed by atoms with van der Waals surface area (Å²) in [5.41, 5.74) is 0.542. The summed E-state index contributed by atoms with van der Waals surface area (Å²) in [5, 5.41) is 3.00. The SMILES string of the molecule is COC(=O)C1C(=O)Oc2ccccc2C1C(=O)NC1CCCCC1. The summed E-state index contributed by atoms with van der Waals surface area (Å²) in [6.45, 7) is 0. The Labute approximate surface area is 140 Å². The first-order chi connectivity index (χ1) is 11.6. The highest BCUT2D eigenvalue weighted by Gasteiger charge is 2.47. The van der Waals surface area contributed by atoms with E-state index in [0.717, 1.165) is 25.7 Å². The number of rotatable bonds is 3. The zero-order valence-electron chi connectivity index (χ0n) is 13.6. The van der Waals surface area contributed by atoms with E-state index in [2.05, 4.69) is 5.32 Å². The van der Waals surface area contributed by atoms with Crippen molar-refractivity contribution in [1.82, 2.24) is 5.32 Å². The Morgan fingerprint density at radius 2 is 1.83 bits per heavy atom. The maximum absolute atomic E-state index is 12.9. The number of carbonyl (C=O) groups is 3. The molecule has 0 aromatic heterocycles. The van der Waals surface area contributed by atoms with Crippen molar-refractivity contribution in [2.75, 3.05) is 7.11 Å². The molecule has 1 aromatic rings. The van der Waals surface area contributed by atoms with Crippen molar-refractivity contribution in [2.24, 2.45) is 5.92 Å². The largest absolute Gasteiger partial charge is 0.468 e. The third-order valence-electron chi connectivity index (χ3n) is 4.74.